The van der Waals surface area contributed by atoms with Gasteiger partial charge in [0.15, 0.2) is 5.11 Å². The zero-order valence-electron chi connectivity index (χ0n) is 9.25. The second-order valence-corrected chi connectivity index (χ2v) is 3.72. The van der Waals surface area contributed by atoms with Gasteiger partial charge in [-0.05, 0) is 32.0 Å². The third kappa shape index (κ3) is 5.13. The first-order chi connectivity index (χ1) is 7.72. The lowest BCUT2D eigenvalue weighted by Gasteiger charge is -2.14. The predicted molar refractivity (Wildman–Crippen MR) is 62.9 cm³/mol. The molecule has 92 valence electrons. The van der Waals surface area contributed by atoms with Crippen molar-refractivity contribution in [2.24, 2.45) is 0 Å². The molecule has 0 unspecified atom stereocenters. The van der Waals surface area contributed by atoms with Crippen LogP contribution in [-0.4, -0.2) is 37.1 Å². The van der Waals surface area contributed by atoms with Crippen molar-refractivity contribution in [3.63, 3.8) is 0 Å². The van der Waals surface area contributed by atoms with Gasteiger partial charge in [-0.2, -0.15) is 0 Å². The van der Waals surface area contributed by atoms with Crippen molar-refractivity contribution in [3.05, 3.63) is 0 Å². The van der Waals surface area contributed by atoms with Crippen molar-refractivity contribution < 1.29 is 14.3 Å². The van der Waals surface area contributed by atoms with E-state index in [0.717, 1.165) is 19.4 Å². The van der Waals surface area contributed by atoms with Gasteiger partial charge in [0, 0.05) is 13.2 Å². The molecule has 0 aromatic heterocycles. The molecular weight excluding hydrogens is 230 g/mol. The Hall–Kier alpha value is -1.08. The Morgan fingerprint density at radius 1 is 1.56 bits per heavy atom. The maximum atomic E-state index is 10.9. The Morgan fingerprint density at radius 3 is 3.00 bits per heavy atom. The van der Waals surface area contributed by atoms with Crippen LogP contribution in [0.15, 0.2) is 0 Å². The number of rotatable bonds is 3. The van der Waals surface area contributed by atoms with Crippen molar-refractivity contribution in [1.82, 2.24) is 16.2 Å². The second kappa shape index (κ2) is 7.24. The van der Waals surface area contributed by atoms with Crippen molar-refractivity contribution >= 4 is 23.4 Å². The summed E-state index contributed by atoms with van der Waals surface area (Å²) in [6.07, 6.45) is 1.79. The highest BCUT2D eigenvalue weighted by Crippen LogP contribution is 2.10. The van der Waals surface area contributed by atoms with Gasteiger partial charge in [0.1, 0.15) is 0 Å². The number of thiocarbonyl (C=S) groups is 1. The zero-order chi connectivity index (χ0) is 11.8. The van der Waals surface area contributed by atoms with E-state index in [1.807, 2.05) is 0 Å². The highest BCUT2D eigenvalue weighted by molar-refractivity contribution is 7.80. The van der Waals surface area contributed by atoms with Gasteiger partial charge in [0.2, 0.25) is 0 Å². The minimum Gasteiger partial charge on any atom is -0.449 e. The summed E-state index contributed by atoms with van der Waals surface area (Å²) in [7, 11) is 0. The van der Waals surface area contributed by atoms with E-state index in [-0.39, 0.29) is 6.10 Å². The third-order valence-corrected chi connectivity index (χ3v) is 2.31. The quantitative estimate of drug-likeness (QED) is 0.492. The first-order valence-corrected chi connectivity index (χ1v) is 5.71. The van der Waals surface area contributed by atoms with Crippen LogP contribution in [-0.2, 0) is 9.47 Å². The Kier molecular flexibility index (Phi) is 5.87. The van der Waals surface area contributed by atoms with Crippen LogP contribution >= 0.6 is 12.2 Å². The van der Waals surface area contributed by atoms with Gasteiger partial charge in [-0.3, -0.25) is 5.43 Å². The smallest absolute Gasteiger partial charge is 0.425 e. The van der Waals surface area contributed by atoms with Crippen LogP contribution in [0, 0.1) is 0 Å². The van der Waals surface area contributed by atoms with Crippen molar-refractivity contribution in [1.29, 1.82) is 0 Å². The molecule has 1 aliphatic heterocycles. The molecule has 6 nitrogen and oxygen atoms in total. The summed E-state index contributed by atoms with van der Waals surface area (Å²) < 4.78 is 10.1. The summed E-state index contributed by atoms with van der Waals surface area (Å²) in [5, 5.41) is 3.30. The average molecular weight is 247 g/mol. The largest absolute Gasteiger partial charge is 0.449 e. The molecule has 0 aromatic rings. The van der Waals surface area contributed by atoms with Gasteiger partial charge in [0.25, 0.3) is 0 Å². The molecule has 16 heavy (non-hydrogen) atoms. The molecule has 1 rings (SSSR count). The van der Waals surface area contributed by atoms with E-state index < -0.39 is 6.09 Å². The Balaban J connectivity index is 2.04. The van der Waals surface area contributed by atoms with E-state index in [2.05, 4.69) is 20.9 Å². The lowest BCUT2D eigenvalue weighted by molar-refractivity contribution is 0.114. The van der Waals surface area contributed by atoms with Crippen LogP contribution in [0.4, 0.5) is 4.79 Å². The summed E-state index contributed by atoms with van der Waals surface area (Å²) in [6.45, 7) is 3.52. The average Bonchev–Trinajstić information content (AvgIpc) is 2.77. The summed E-state index contributed by atoms with van der Waals surface area (Å²) in [6, 6.07) is 0. The molecule has 1 amide bonds. The van der Waals surface area contributed by atoms with Crippen LogP contribution in [0.1, 0.15) is 19.8 Å². The number of hydrazine groups is 1. The molecule has 1 atom stereocenters. The number of carbonyl (C=O) groups is 1. The van der Waals surface area contributed by atoms with Gasteiger partial charge in [0.05, 0.1) is 12.7 Å². The van der Waals surface area contributed by atoms with Crippen molar-refractivity contribution in [2.45, 2.75) is 25.9 Å². The number of hydrogen-bond donors (Lipinski definition) is 3. The van der Waals surface area contributed by atoms with E-state index in [1.165, 1.54) is 0 Å². The molecule has 7 heteroatoms. The molecule has 1 aliphatic rings. The number of carbonyl (C=O) groups excluding carboxylic acids is 1. The molecule has 0 radical (unpaired) electrons. The van der Waals surface area contributed by atoms with Crippen LogP contribution in [0.25, 0.3) is 0 Å². The summed E-state index contributed by atoms with van der Waals surface area (Å²) >= 11 is 4.94. The maximum Gasteiger partial charge on any atom is 0.425 e. The van der Waals surface area contributed by atoms with Crippen molar-refractivity contribution in [3.8, 4) is 0 Å². The van der Waals surface area contributed by atoms with E-state index >= 15 is 0 Å². The molecule has 0 aromatic carbocycles. The first kappa shape index (κ1) is 13.0. The van der Waals surface area contributed by atoms with E-state index in [4.69, 9.17) is 17.0 Å². The van der Waals surface area contributed by atoms with E-state index in [1.54, 1.807) is 6.92 Å². The summed E-state index contributed by atoms with van der Waals surface area (Å²) in [5.74, 6) is 0. The highest BCUT2D eigenvalue weighted by Gasteiger charge is 2.15. The van der Waals surface area contributed by atoms with Crippen LogP contribution in [0.3, 0.4) is 0 Å². The molecular formula is C9H17N3O3S. The van der Waals surface area contributed by atoms with E-state index in [0.29, 0.717) is 18.3 Å². The van der Waals surface area contributed by atoms with Crippen molar-refractivity contribution in [2.75, 3.05) is 19.8 Å². The fourth-order valence-electron chi connectivity index (χ4n) is 1.33. The standard InChI is InChI=1S/C9H17N3O3S/c1-2-14-9(13)12-11-8(16)10-6-7-4-3-5-15-7/h7H,2-6H2,1H3,(H,12,13)(H2,10,11,16)/t7-/m0/s1. The molecule has 0 aliphatic carbocycles. The number of nitrogens with one attached hydrogen (secondary N) is 3. The molecule has 1 saturated heterocycles. The van der Waals surface area contributed by atoms with Crippen LogP contribution in [0.2, 0.25) is 0 Å². The molecule has 0 saturated carbocycles. The Morgan fingerprint density at radius 2 is 2.38 bits per heavy atom. The molecule has 1 heterocycles. The SMILES string of the molecule is CCOC(=O)NNC(=S)NC[C@@H]1CCCO1. The van der Waals surface area contributed by atoms with Gasteiger partial charge in [-0.25, -0.2) is 10.2 Å². The van der Waals surface area contributed by atoms with Gasteiger partial charge in [-0.1, -0.05) is 0 Å². The molecule has 3 N–H and O–H groups in total. The lowest BCUT2D eigenvalue weighted by atomic mass is 10.2. The summed E-state index contributed by atoms with van der Waals surface area (Å²) in [5.41, 5.74) is 4.83. The number of ether oxygens (including phenoxy) is 2. The van der Waals surface area contributed by atoms with Gasteiger partial charge in [-0.15, -0.1) is 0 Å². The lowest BCUT2D eigenvalue weighted by Crippen LogP contribution is -2.48. The fourth-order valence-corrected chi connectivity index (χ4v) is 1.47. The second-order valence-electron chi connectivity index (χ2n) is 3.32. The zero-order valence-corrected chi connectivity index (χ0v) is 10.1. The van der Waals surface area contributed by atoms with Gasteiger partial charge >= 0.3 is 6.09 Å². The topological polar surface area (TPSA) is 71.6 Å². The molecule has 1 fully saturated rings. The number of amides is 1. The third-order valence-electron chi connectivity index (χ3n) is 2.07. The minimum atomic E-state index is -0.552. The predicted octanol–water partition coefficient (Wildman–Crippen LogP) is 0.291. The van der Waals surface area contributed by atoms with Crippen LogP contribution < -0.4 is 16.2 Å². The van der Waals surface area contributed by atoms with E-state index in [9.17, 15) is 4.79 Å². The molecule has 0 spiro atoms. The highest BCUT2D eigenvalue weighted by atomic mass is 32.1. The monoisotopic (exact) mass is 247 g/mol. The minimum absolute atomic E-state index is 0.211. The fraction of sp³-hybridized carbons (Fsp3) is 0.778. The normalized spacial score (nSPS) is 18.9. The van der Waals surface area contributed by atoms with Gasteiger partial charge < -0.3 is 14.8 Å². The first-order valence-electron chi connectivity index (χ1n) is 5.30. The number of hydrogen-bond acceptors (Lipinski definition) is 4. The summed E-state index contributed by atoms with van der Waals surface area (Å²) in [4.78, 5) is 10.9. The maximum absolute atomic E-state index is 10.9. The Labute approximate surface area is 100 Å². The molecule has 0 bridgehead atoms. The van der Waals surface area contributed by atoms with Crippen LogP contribution in [0.5, 0.6) is 0 Å². The Bertz CT molecular complexity index is 244.